The Balaban J connectivity index is 2.99. The fourth-order valence-electron chi connectivity index (χ4n) is 2.96. The molecule has 0 saturated carbocycles. The maximum atomic E-state index is 13.1. The number of urea groups is 1. The number of nitrogens with zero attached hydrogens (tertiary/aromatic N) is 1. The second-order valence-corrected chi connectivity index (χ2v) is 11.8. The minimum Gasteiger partial charge on any atom is -0.383 e. The molecule has 0 fully saturated rings. The van der Waals surface area contributed by atoms with E-state index in [9.17, 15) is 24.7 Å². The molecule has 1 aromatic carbocycles. The average molecular weight is 482 g/mol. The maximum Gasteiger partial charge on any atom is 0.349 e. The molecule has 0 radical (unpaired) electrons. The molecule has 1 aromatic rings. The van der Waals surface area contributed by atoms with Gasteiger partial charge in [0.05, 0.1) is 0 Å². The lowest BCUT2D eigenvalue weighted by Gasteiger charge is -2.36. The van der Waals surface area contributed by atoms with Crippen LogP contribution in [0.3, 0.4) is 0 Å². The van der Waals surface area contributed by atoms with Crippen molar-refractivity contribution in [3.63, 3.8) is 0 Å². The van der Waals surface area contributed by atoms with Gasteiger partial charge in [-0.25, -0.2) is 4.79 Å². The van der Waals surface area contributed by atoms with Crippen molar-refractivity contribution in [2.24, 2.45) is 5.92 Å². The van der Waals surface area contributed by atoms with Crippen LogP contribution in [0.4, 0.5) is 4.79 Å². The Morgan fingerprint density at radius 1 is 1.03 bits per heavy atom. The van der Waals surface area contributed by atoms with Gasteiger partial charge in [0, 0.05) is 16.0 Å². The molecule has 0 spiro atoms. The molecule has 0 unspecified atom stereocenters. The third-order valence-electron chi connectivity index (χ3n) is 4.88. The number of amides is 4. The van der Waals surface area contributed by atoms with E-state index in [0.717, 1.165) is 5.56 Å². The summed E-state index contributed by atoms with van der Waals surface area (Å²) in [6.07, 6.45) is -0.833. The Kier molecular flexibility index (Phi) is 10.9. The van der Waals surface area contributed by atoms with Gasteiger partial charge in [-0.3, -0.25) is 14.8 Å². The number of aliphatic hydroxyl groups excluding tert-OH is 1. The van der Waals surface area contributed by atoms with E-state index in [1.54, 1.807) is 0 Å². The van der Waals surface area contributed by atoms with E-state index in [-0.39, 0.29) is 17.4 Å². The smallest absolute Gasteiger partial charge is 0.349 e. The van der Waals surface area contributed by atoms with Crippen molar-refractivity contribution in [3.8, 4) is 0 Å². The minimum absolute atomic E-state index is 0.118. The van der Waals surface area contributed by atoms with Gasteiger partial charge in [0.2, 0.25) is 5.91 Å². The van der Waals surface area contributed by atoms with Crippen LogP contribution in [0.2, 0.25) is 0 Å². The third kappa shape index (κ3) is 10.1. The predicted molar refractivity (Wildman–Crippen MR) is 131 cm³/mol. The van der Waals surface area contributed by atoms with Gasteiger partial charge in [-0.2, -0.15) is 0 Å². The predicted octanol–water partition coefficient (Wildman–Crippen LogP) is 3.71. The third-order valence-corrected chi connectivity index (χ3v) is 6.34. The van der Waals surface area contributed by atoms with E-state index in [1.165, 1.54) is 11.8 Å². The van der Waals surface area contributed by atoms with Gasteiger partial charge >= 0.3 is 6.03 Å². The van der Waals surface area contributed by atoms with Crippen molar-refractivity contribution in [3.05, 3.63) is 35.9 Å². The number of benzene rings is 1. The van der Waals surface area contributed by atoms with Crippen molar-refractivity contribution in [2.75, 3.05) is 0 Å². The van der Waals surface area contributed by atoms with E-state index in [0.29, 0.717) is 12.2 Å². The Bertz CT molecular complexity index is 793. The molecule has 33 heavy (non-hydrogen) atoms. The van der Waals surface area contributed by atoms with Crippen molar-refractivity contribution >= 4 is 29.6 Å². The van der Waals surface area contributed by atoms with Crippen molar-refractivity contribution in [2.45, 2.75) is 89.5 Å². The lowest BCUT2D eigenvalue weighted by atomic mass is 10.00. The molecule has 0 saturated heterocycles. The highest BCUT2D eigenvalue weighted by Gasteiger charge is 2.40. The number of carbonyl (C=O) groups is 3. The average Bonchev–Trinajstić information content (AvgIpc) is 2.72. The van der Waals surface area contributed by atoms with Gasteiger partial charge in [0.15, 0.2) is 0 Å². The normalized spacial score (nSPS) is 13.9. The summed E-state index contributed by atoms with van der Waals surface area (Å²) in [6, 6.07) is 7.49. The molecule has 4 amide bonds. The van der Waals surface area contributed by atoms with E-state index in [4.69, 9.17) is 0 Å². The molecular weight excluding hydrogens is 442 g/mol. The second kappa shape index (κ2) is 12.4. The molecule has 1 rings (SSSR count). The van der Waals surface area contributed by atoms with Gasteiger partial charge in [-0.05, 0) is 58.9 Å². The van der Waals surface area contributed by atoms with Crippen LogP contribution in [0.1, 0.15) is 66.9 Å². The van der Waals surface area contributed by atoms with Crippen LogP contribution in [0.5, 0.6) is 0 Å². The molecule has 0 heterocycles. The largest absolute Gasteiger partial charge is 0.383 e. The SMILES string of the molecule is CC(C)CC[C@H](O)C(=O)N(O)C(=O)N[C@@H](C(=O)NC(C)(C)C)C(C)(C)SCc1ccccc1. The first-order chi connectivity index (χ1) is 15.1. The Hall–Kier alpha value is -2.10. The topological polar surface area (TPSA) is 119 Å². The molecule has 0 aromatic heterocycles. The van der Waals surface area contributed by atoms with Crippen molar-refractivity contribution < 1.29 is 24.7 Å². The summed E-state index contributed by atoms with van der Waals surface area (Å²) in [5.74, 6) is -0.722. The summed E-state index contributed by atoms with van der Waals surface area (Å²) in [4.78, 5) is 38.1. The summed E-state index contributed by atoms with van der Waals surface area (Å²) in [5.41, 5.74) is 0.506. The van der Waals surface area contributed by atoms with E-state index in [2.05, 4.69) is 10.6 Å². The number of rotatable bonds is 10. The lowest BCUT2D eigenvalue weighted by Crippen LogP contribution is -2.61. The number of imide groups is 1. The number of hydrogen-bond donors (Lipinski definition) is 4. The van der Waals surface area contributed by atoms with Gasteiger partial charge in [-0.15, -0.1) is 16.8 Å². The number of carbonyl (C=O) groups excluding carboxylic acids is 3. The van der Waals surface area contributed by atoms with Crippen LogP contribution >= 0.6 is 11.8 Å². The number of hydroxylamine groups is 2. The van der Waals surface area contributed by atoms with Crippen molar-refractivity contribution in [1.82, 2.24) is 15.7 Å². The molecule has 0 aliphatic heterocycles. The van der Waals surface area contributed by atoms with Crippen LogP contribution in [-0.2, 0) is 15.3 Å². The molecular formula is C24H39N3O5S. The highest BCUT2D eigenvalue weighted by molar-refractivity contribution is 7.99. The highest BCUT2D eigenvalue weighted by Crippen LogP contribution is 2.32. The monoisotopic (exact) mass is 481 g/mol. The van der Waals surface area contributed by atoms with Gasteiger partial charge in [0.1, 0.15) is 12.1 Å². The quantitative estimate of drug-likeness (QED) is 0.299. The summed E-state index contributed by atoms with van der Waals surface area (Å²) in [6.45, 7) is 13.0. The van der Waals surface area contributed by atoms with Gasteiger partial charge < -0.3 is 15.7 Å². The van der Waals surface area contributed by atoms with Crippen LogP contribution in [0.25, 0.3) is 0 Å². The first-order valence-corrected chi connectivity index (χ1v) is 12.1. The first kappa shape index (κ1) is 28.9. The zero-order valence-electron chi connectivity index (χ0n) is 20.7. The zero-order valence-corrected chi connectivity index (χ0v) is 21.5. The van der Waals surface area contributed by atoms with Gasteiger partial charge in [-0.1, -0.05) is 44.2 Å². The molecule has 4 N–H and O–H groups in total. The number of aliphatic hydroxyl groups is 1. The second-order valence-electron chi connectivity index (χ2n) is 10.1. The molecule has 186 valence electrons. The van der Waals surface area contributed by atoms with E-state index < -0.39 is 40.3 Å². The maximum absolute atomic E-state index is 13.1. The number of nitrogens with one attached hydrogen (secondary N) is 2. The van der Waals surface area contributed by atoms with Gasteiger partial charge in [0.25, 0.3) is 5.91 Å². The summed E-state index contributed by atoms with van der Waals surface area (Å²) in [5, 5.41) is 25.4. The van der Waals surface area contributed by atoms with Crippen LogP contribution in [0.15, 0.2) is 30.3 Å². The summed E-state index contributed by atoms with van der Waals surface area (Å²) >= 11 is 1.46. The van der Waals surface area contributed by atoms with Crippen LogP contribution < -0.4 is 10.6 Å². The molecule has 0 aliphatic carbocycles. The lowest BCUT2D eigenvalue weighted by molar-refractivity contribution is -0.163. The Morgan fingerprint density at radius 3 is 2.12 bits per heavy atom. The fourth-order valence-corrected chi connectivity index (χ4v) is 4.03. The Labute approximate surface area is 201 Å². The standard InChI is InChI=1S/C24H39N3O5S/c1-16(2)13-14-18(28)21(30)27(32)22(31)25-19(20(29)26-23(3,4)5)24(6,7)33-15-17-11-9-8-10-12-17/h8-12,16,18-19,28,32H,13-15H2,1-7H3,(H,25,31)(H,26,29)/t18-,19-/m0/s1. The first-order valence-electron chi connectivity index (χ1n) is 11.2. The minimum atomic E-state index is -1.51. The van der Waals surface area contributed by atoms with Crippen LogP contribution in [-0.4, -0.2) is 55.7 Å². The molecule has 9 heteroatoms. The number of hydrogen-bond acceptors (Lipinski definition) is 6. The molecule has 0 bridgehead atoms. The molecule has 0 aliphatic rings. The highest BCUT2D eigenvalue weighted by atomic mass is 32.2. The molecule has 2 atom stereocenters. The fraction of sp³-hybridized carbons (Fsp3) is 0.625. The summed E-state index contributed by atoms with van der Waals surface area (Å²) in [7, 11) is 0. The van der Waals surface area contributed by atoms with E-state index in [1.807, 2.05) is 78.8 Å². The van der Waals surface area contributed by atoms with Crippen molar-refractivity contribution in [1.29, 1.82) is 0 Å². The van der Waals surface area contributed by atoms with E-state index >= 15 is 0 Å². The zero-order chi connectivity index (χ0) is 25.4. The van der Waals surface area contributed by atoms with Crippen LogP contribution in [0, 0.1) is 5.92 Å². The Morgan fingerprint density at radius 2 is 1.61 bits per heavy atom. The molecule has 8 nitrogen and oxygen atoms in total. The number of thioether (sulfide) groups is 1. The summed E-state index contributed by atoms with van der Waals surface area (Å²) < 4.78 is -0.791.